The zero-order chi connectivity index (χ0) is 15.7. The Morgan fingerprint density at radius 2 is 1.67 bits per heavy atom. The molecule has 2 atom stereocenters. The molecule has 118 valence electrons. The average Bonchev–Trinajstić information content (AvgIpc) is 2.37. The van der Waals surface area contributed by atoms with Crippen molar-refractivity contribution in [1.82, 2.24) is 5.06 Å². The van der Waals surface area contributed by atoms with Gasteiger partial charge in [0.15, 0.2) is 5.79 Å². The Morgan fingerprint density at radius 3 is 2.19 bits per heavy atom. The van der Waals surface area contributed by atoms with Gasteiger partial charge in [0.1, 0.15) is 0 Å². The van der Waals surface area contributed by atoms with Crippen molar-refractivity contribution in [2.45, 2.75) is 58.2 Å². The van der Waals surface area contributed by atoms with Gasteiger partial charge in [-0.2, -0.15) is 5.06 Å². The second-order valence-electron chi connectivity index (χ2n) is 6.92. The van der Waals surface area contributed by atoms with Crippen molar-refractivity contribution in [2.75, 3.05) is 13.7 Å². The summed E-state index contributed by atoms with van der Waals surface area (Å²) >= 11 is 0. The van der Waals surface area contributed by atoms with E-state index in [0.717, 1.165) is 6.54 Å². The van der Waals surface area contributed by atoms with E-state index in [2.05, 4.69) is 32.9 Å². The van der Waals surface area contributed by atoms with E-state index in [1.165, 1.54) is 5.56 Å². The Balaban J connectivity index is 2.13. The molecule has 0 amide bonds. The molecular weight excluding hydrogens is 266 g/mol. The van der Waals surface area contributed by atoms with Crippen LogP contribution in [0.4, 0.5) is 0 Å². The molecule has 1 fully saturated rings. The Kier molecular flexibility index (Phi) is 4.73. The standard InChI is InChI=1S/C17H27NO3/c1-16(2,3)21-18-12-14(20-17(4,5)19-6)15(18)13-10-8-7-9-11-13/h7-11,14-15H,12H2,1-6H3/t14-,15-/m1/s1. The molecule has 1 aromatic carbocycles. The summed E-state index contributed by atoms with van der Waals surface area (Å²) in [5, 5.41) is 2.01. The van der Waals surface area contributed by atoms with E-state index in [1.54, 1.807) is 7.11 Å². The minimum absolute atomic E-state index is 0.0599. The van der Waals surface area contributed by atoms with E-state index in [9.17, 15) is 0 Å². The molecule has 1 heterocycles. The number of hydroxylamine groups is 2. The number of hydrogen-bond donors (Lipinski definition) is 0. The van der Waals surface area contributed by atoms with Gasteiger partial charge in [-0.15, -0.1) is 0 Å². The first kappa shape index (κ1) is 16.4. The maximum atomic E-state index is 6.09. The lowest BCUT2D eigenvalue weighted by Gasteiger charge is -2.50. The van der Waals surface area contributed by atoms with E-state index in [0.29, 0.717) is 0 Å². The lowest BCUT2D eigenvalue weighted by atomic mass is 9.93. The van der Waals surface area contributed by atoms with Gasteiger partial charge in [-0.1, -0.05) is 30.3 Å². The van der Waals surface area contributed by atoms with Crippen LogP contribution in [0.25, 0.3) is 0 Å². The van der Waals surface area contributed by atoms with Gasteiger partial charge in [0.2, 0.25) is 0 Å². The first-order valence-electron chi connectivity index (χ1n) is 7.45. The fraction of sp³-hybridized carbons (Fsp3) is 0.647. The van der Waals surface area contributed by atoms with E-state index in [-0.39, 0.29) is 17.7 Å². The third kappa shape index (κ3) is 4.27. The van der Waals surface area contributed by atoms with Crippen LogP contribution in [-0.2, 0) is 14.3 Å². The van der Waals surface area contributed by atoms with Crippen LogP contribution in [0.15, 0.2) is 30.3 Å². The highest BCUT2D eigenvalue weighted by atomic mass is 16.7. The SMILES string of the molecule is COC(C)(C)O[C@@H]1CN(OC(C)(C)C)[C@@H]1c1ccccc1. The Labute approximate surface area is 127 Å². The highest BCUT2D eigenvalue weighted by Crippen LogP contribution is 2.39. The molecule has 0 bridgehead atoms. The molecule has 0 unspecified atom stereocenters. The van der Waals surface area contributed by atoms with Gasteiger partial charge in [-0.25, -0.2) is 0 Å². The highest BCUT2D eigenvalue weighted by Gasteiger charge is 2.46. The minimum atomic E-state index is -0.592. The highest BCUT2D eigenvalue weighted by molar-refractivity contribution is 5.22. The van der Waals surface area contributed by atoms with Crippen molar-refractivity contribution in [2.24, 2.45) is 0 Å². The van der Waals surface area contributed by atoms with Gasteiger partial charge in [0.05, 0.1) is 24.3 Å². The molecule has 21 heavy (non-hydrogen) atoms. The van der Waals surface area contributed by atoms with E-state index in [4.69, 9.17) is 14.3 Å². The Hall–Kier alpha value is -0.940. The summed E-state index contributed by atoms with van der Waals surface area (Å²) in [7, 11) is 1.67. The molecule has 4 heteroatoms. The van der Waals surface area contributed by atoms with Crippen LogP contribution in [0.1, 0.15) is 46.2 Å². The molecule has 2 rings (SSSR count). The van der Waals surface area contributed by atoms with E-state index in [1.807, 2.05) is 37.1 Å². The second kappa shape index (κ2) is 6.05. The van der Waals surface area contributed by atoms with Crippen molar-refractivity contribution in [3.8, 4) is 0 Å². The topological polar surface area (TPSA) is 30.9 Å². The summed E-state index contributed by atoms with van der Waals surface area (Å²) in [5.41, 5.74) is 0.985. The number of nitrogens with zero attached hydrogens (tertiary/aromatic N) is 1. The summed E-state index contributed by atoms with van der Waals surface area (Å²) < 4.78 is 11.5. The van der Waals surface area contributed by atoms with Crippen LogP contribution in [0, 0.1) is 0 Å². The van der Waals surface area contributed by atoms with Crippen LogP contribution < -0.4 is 0 Å². The molecule has 0 N–H and O–H groups in total. The van der Waals surface area contributed by atoms with Crippen LogP contribution in [-0.4, -0.2) is 36.2 Å². The molecular formula is C17H27NO3. The van der Waals surface area contributed by atoms with Crippen molar-refractivity contribution >= 4 is 0 Å². The molecule has 0 aromatic heterocycles. The number of ether oxygens (including phenoxy) is 2. The first-order valence-corrected chi connectivity index (χ1v) is 7.45. The van der Waals surface area contributed by atoms with Gasteiger partial charge < -0.3 is 9.47 Å². The third-order valence-corrected chi connectivity index (χ3v) is 3.48. The maximum absolute atomic E-state index is 6.09. The van der Waals surface area contributed by atoms with Crippen LogP contribution in [0.3, 0.4) is 0 Å². The number of rotatable bonds is 5. The number of benzene rings is 1. The fourth-order valence-electron chi connectivity index (χ4n) is 2.43. The zero-order valence-electron chi connectivity index (χ0n) is 13.9. The van der Waals surface area contributed by atoms with Crippen LogP contribution >= 0.6 is 0 Å². The minimum Gasteiger partial charge on any atom is -0.354 e. The van der Waals surface area contributed by atoms with Gasteiger partial charge in [-0.05, 0) is 40.2 Å². The summed E-state index contributed by atoms with van der Waals surface area (Å²) in [6.45, 7) is 10.8. The second-order valence-corrected chi connectivity index (χ2v) is 6.92. The van der Waals surface area contributed by atoms with Crippen LogP contribution in [0.5, 0.6) is 0 Å². The van der Waals surface area contributed by atoms with Crippen molar-refractivity contribution in [3.05, 3.63) is 35.9 Å². The number of methoxy groups -OCH3 is 1. The lowest BCUT2D eigenvalue weighted by Crippen LogP contribution is -2.58. The first-order chi connectivity index (χ1) is 9.72. The number of hydrogen-bond acceptors (Lipinski definition) is 4. The smallest absolute Gasteiger partial charge is 0.162 e. The third-order valence-electron chi connectivity index (χ3n) is 3.48. The molecule has 0 aliphatic carbocycles. The van der Waals surface area contributed by atoms with E-state index < -0.39 is 5.79 Å². The fourth-order valence-corrected chi connectivity index (χ4v) is 2.43. The molecule has 1 aliphatic rings. The Morgan fingerprint density at radius 1 is 1.05 bits per heavy atom. The largest absolute Gasteiger partial charge is 0.354 e. The molecule has 0 saturated carbocycles. The Bertz CT molecular complexity index is 453. The predicted octanol–water partition coefficient (Wildman–Crippen LogP) is 3.54. The van der Waals surface area contributed by atoms with Gasteiger partial charge in [0.25, 0.3) is 0 Å². The quantitative estimate of drug-likeness (QED) is 0.777. The summed E-state index contributed by atoms with van der Waals surface area (Å²) in [6.07, 6.45) is 0.0599. The molecule has 1 saturated heterocycles. The molecule has 1 aliphatic heterocycles. The van der Waals surface area contributed by atoms with Crippen LogP contribution in [0.2, 0.25) is 0 Å². The van der Waals surface area contributed by atoms with Crippen molar-refractivity contribution in [1.29, 1.82) is 0 Å². The molecule has 0 spiro atoms. The van der Waals surface area contributed by atoms with Gasteiger partial charge in [-0.3, -0.25) is 4.84 Å². The molecule has 1 aromatic rings. The van der Waals surface area contributed by atoms with Gasteiger partial charge in [0, 0.05) is 7.11 Å². The summed E-state index contributed by atoms with van der Waals surface area (Å²) in [5.74, 6) is -0.592. The molecule has 0 radical (unpaired) electrons. The van der Waals surface area contributed by atoms with E-state index >= 15 is 0 Å². The predicted molar refractivity (Wildman–Crippen MR) is 82.7 cm³/mol. The summed E-state index contributed by atoms with van der Waals surface area (Å²) in [6, 6.07) is 10.4. The maximum Gasteiger partial charge on any atom is 0.162 e. The molecule has 4 nitrogen and oxygen atoms in total. The van der Waals surface area contributed by atoms with Gasteiger partial charge >= 0.3 is 0 Å². The summed E-state index contributed by atoms with van der Waals surface area (Å²) in [4.78, 5) is 6.03. The normalized spacial score (nSPS) is 23.9. The lowest BCUT2D eigenvalue weighted by molar-refractivity contribution is -0.355. The average molecular weight is 293 g/mol. The van der Waals surface area contributed by atoms with Crippen molar-refractivity contribution < 1.29 is 14.3 Å². The zero-order valence-corrected chi connectivity index (χ0v) is 13.9. The monoisotopic (exact) mass is 293 g/mol. The van der Waals surface area contributed by atoms with Crippen molar-refractivity contribution in [3.63, 3.8) is 0 Å².